The van der Waals surface area contributed by atoms with Gasteiger partial charge in [0.1, 0.15) is 0 Å². The first-order chi connectivity index (χ1) is 4.59. The van der Waals surface area contributed by atoms with E-state index in [4.69, 9.17) is 5.73 Å². The van der Waals surface area contributed by atoms with Crippen LogP contribution in [0.4, 0.5) is 4.79 Å². The standard InChI is InChI=1S/C5H9N2O2S/c1-7(5(6)9)4(8)2-3-10/h2,10H,3H2,1H3,(H2,6,9). The zero-order chi connectivity index (χ0) is 8.15. The molecule has 0 heterocycles. The highest BCUT2D eigenvalue weighted by Gasteiger charge is 2.11. The van der Waals surface area contributed by atoms with E-state index in [1.165, 1.54) is 13.5 Å². The molecule has 0 saturated carbocycles. The van der Waals surface area contributed by atoms with Crippen molar-refractivity contribution in [2.45, 2.75) is 0 Å². The normalized spacial score (nSPS) is 9.00. The van der Waals surface area contributed by atoms with E-state index in [9.17, 15) is 9.59 Å². The lowest BCUT2D eigenvalue weighted by atomic mass is 10.4. The highest BCUT2D eigenvalue weighted by Crippen LogP contribution is 1.89. The Morgan fingerprint density at radius 1 is 1.70 bits per heavy atom. The van der Waals surface area contributed by atoms with Gasteiger partial charge in [-0.05, 0) is 0 Å². The smallest absolute Gasteiger partial charge is 0.321 e. The van der Waals surface area contributed by atoms with Crippen molar-refractivity contribution in [3.8, 4) is 0 Å². The van der Waals surface area contributed by atoms with E-state index in [1.807, 2.05) is 0 Å². The van der Waals surface area contributed by atoms with Crippen molar-refractivity contribution in [3.05, 3.63) is 6.42 Å². The Kier molecular flexibility index (Phi) is 3.87. The number of hydrogen-bond donors (Lipinski definition) is 2. The van der Waals surface area contributed by atoms with Crippen LogP contribution in [0.3, 0.4) is 0 Å². The molecule has 0 aromatic rings. The van der Waals surface area contributed by atoms with E-state index in [2.05, 4.69) is 12.6 Å². The summed E-state index contributed by atoms with van der Waals surface area (Å²) in [5, 5.41) is 0. The van der Waals surface area contributed by atoms with Crippen molar-refractivity contribution in [2.24, 2.45) is 5.73 Å². The van der Waals surface area contributed by atoms with E-state index in [0.29, 0.717) is 5.75 Å². The summed E-state index contributed by atoms with van der Waals surface area (Å²) in [5.41, 5.74) is 4.79. The molecule has 5 heteroatoms. The van der Waals surface area contributed by atoms with Crippen molar-refractivity contribution >= 4 is 24.6 Å². The van der Waals surface area contributed by atoms with Crippen LogP contribution in [-0.2, 0) is 4.79 Å². The van der Waals surface area contributed by atoms with Gasteiger partial charge in [0, 0.05) is 12.8 Å². The molecule has 1 radical (unpaired) electrons. The Morgan fingerprint density at radius 2 is 2.20 bits per heavy atom. The number of imide groups is 1. The Labute approximate surface area is 64.8 Å². The number of carbonyl (C=O) groups excluding carboxylic acids is 2. The highest BCUT2D eigenvalue weighted by molar-refractivity contribution is 7.80. The van der Waals surface area contributed by atoms with Gasteiger partial charge in [0.2, 0.25) is 5.91 Å². The van der Waals surface area contributed by atoms with Crippen LogP contribution < -0.4 is 5.73 Å². The second-order valence-electron chi connectivity index (χ2n) is 1.62. The quantitative estimate of drug-likeness (QED) is 0.544. The third-order valence-corrected chi connectivity index (χ3v) is 1.11. The second kappa shape index (κ2) is 4.16. The van der Waals surface area contributed by atoms with Crippen LogP contribution in [-0.4, -0.2) is 29.6 Å². The predicted molar refractivity (Wildman–Crippen MR) is 40.5 cm³/mol. The van der Waals surface area contributed by atoms with Gasteiger partial charge in [-0.3, -0.25) is 9.69 Å². The van der Waals surface area contributed by atoms with Crippen LogP contribution in [0.1, 0.15) is 0 Å². The van der Waals surface area contributed by atoms with Gasteiger partial charge in [-0.2, -0.15) is 12.6 Å². The van der Waals surface area contributed by atoms with Crippen molar-refractivity contribution in [1.82, 2.24) is 4.90 Å². The molecule has 0 aromatic carbocycles. The molecule has 0 fully saturated rings. The zero-order valence-electron chi connectivity index (χ0n) is 5.57. The molecule has 0 aliphatic rings. The number of nitrogens with zero attached hydrogens (tertiary/aromatic N) is 1. The summed E-state index contributed by atoms with van der Waals surface area (Å²) in [5.74, 6) is -0.126. The fraction of sp³-hybridized carbons (Fsp3) is 0.400. The lowest BCUT2D eigenvalue weighted by molar-refractivity contribution is -0.123. The molecular formula is C5H9N2O2S. The zero-order valence-corrected chi connectivity index (χ0v) is 6.47. The van der Waals surface area contributed by atoms with E-state index in [-0.39, 0.29) is 0 Å². The average Bonchev–Trinajstić information content (AvgIpc) is 1.87. The van der Waals surface area contributed by atoms with Crippen LogP contribution in [0.5, 0.6) is 0 Å². The number of amides is 3. The Balaban J connectivity index is 3.82. The van der Waals surface area contributed by atoms with Crippen LogP contribution in [0.25, 0.3) is 0 Å². The van der Waals surface area contributed by atoms with Gasteiger partial charge in [-0.1, -0.05) is 0 Å². The van der Waals surface area contributed by atoms with Crippen LogP contribution in [0.2, 0.25) is 0 Å². The average molecular weight is 161 g/mol. The van der Waals surface area contributed by atoms with Gasteiger partial charge in [-0.15, -0.1) is 0 Å². The molecule has 0 rings (SSSR count). The maximum atomic E-state index is 10.7. The number of carbonyl (C=O) groups is 2. The molecule has 0 aromatic heterocycles. The lowest BCUT2D eigenvalue weighted by Gasteiger charge is -2.09. The predicted octanol–water partition coefficient (Wildman–Crippen LogP) is -0.342. The molecule has 2 N–H and O–H groups in total. The summed E-state index contributed by atoms with van der Waals surface area (Å²) in [6, 6.07) is -0.761. The number of nitrogens with two attached hydrogens (primary N) is 1. The Morgan fingerprint density at radius 3 is 2.50 bits per heavy atom. The molecule has 0 unspecified atom stereocenters. The third kappa shape index (κ3) is 2.72. The monoisotopic (exact) mass is 161 g/mol. The number of hydrogen-bond acceptors (Lipinski definition) is 3. The van der Waals surface area contributed by atoms with E-state index in [0.717, 1.165) is 4.90 Å². The van der Waals surface area contributed by atoms with Crippen LogP contribution in [0.15, 0.2) is 0 Å². The molecule has 0 atom stereocenters. The Bertz CT molecular complexity index is 149. The molecule has 0 aliphatic heterocycles. The lowest BCUT2D eigenvalue weighted by Crippen LogP contribution is -2.37. The number of thiol groups is 1. The van der Waals surface area contributed by atoms with Gasteiger partial charge < -0.3 is 5.73 Å². The SMILES string of the molecule is CN(C(N)=O)C(=O)[CH]CS. The summed E-state index contributed by atoms with van der Waals surface area (Å²) in [6.45, 7) is 0. The van der Waals surface area contributed by atoms with Crippen molar-refractivity contribution in [1.29, 1.82) is 0 Å². The van der Waals surface area contributed by atoms with Crippen molar-refractivity contribution in [2.75, 3.05) is 12.8 Å². The largest absolute Gasteiger partial charge is 0.351 e. The highest BCUT2D eigenvalue weighted by atomic mass is 32.1. The summed E-state index contributed by atoms with van der Waals surface area (Å²) in [4.78, 5) is 21.8. The van der Waals surface area contributed by atoms with Crippen LogP contribution in [0, 0.1) is 6.42 Å². The van der Waals surface area contributed by atoms with Gasteiger partial charge in [0.25, 0.3) is 0 Å². The first-order valence-corrected chi connectivity index (χ1v) is 3.24. The molecule has 0 bridgehead atoms. The Hall–Kier alpha value is -0.710. The molecule has 10 heavy (non-hydrogen) atoms. The summed E-state index contributed by atoms with van der Waals surface area (Å²) >= 11 is 3.77. The van der Waals surface area contributed by atoms with Gasteiger partial charge in [0.15, 0.2) is 0 Å². The third-order valence-electron chi connectivity index (χ3n) is 0.927. The molecule has 3 amide bonds. The van der Waals surface area contributed by atoms with E-state index >= 15 is 0 Å². The van der Waals surface area contributed by atoms with Gasteiger partial charge >= 0.3 is 6.03 Å². The van der Waals surface area contributed by atoms with E-state index in [1.54, 1.807) is 0 Å². The van der Waals surface area contributed by atoms with Crippen LogP contribution >= 0.6 is 12.6 Å². The minimum absolute atomic E-state index is 0.302. The summed E-state index contributed by atoms with van der Waals surface area (Å²) < 4.78 is 0. The van der Waals surface area contributed by atoms with E-state index < -0.39 is 11.9 Å². The van der Waals surface area contributed by atoms with Gasteiger partial charge in [0.05, 0.1) is 6.42 Å². The second-order valence-corrected chi connectivity index (χ2v) is 1.99. The van der Waals surface area contributed by atoms with Gasteiger partial charge in [-0.25, -0.2) is 4.79 Å². The number of urea groups is 1. The molecule has 0 saturated heterocycles. The maximum Gasteiger partial charge on any atom is 0.321 e. The fourth-order valence-corrected chi connectivity index (χ4v) is 0.480. The molecule has 57 valence electrons. The maximum absolute atomic E-state index is 10.7. The number of primary amides is 1. The first-order valence-electron chi connectivity index (χ1n) is 2.60. The number of rotatable bonds is 2. The molecule has 4 nitrogen and oxygen atoms in total. The topological polar surface area (TPSA) is 63.4 Å². The summed E-state index contributed by atoms with van der Waals surface area (Å²) in [6.07, 6.45) is 1.26. The minimum atomic E-state index is -0.761. The minimum Gasteiger partial charge on any atom is -0.351 e. The molecule has 0 aliphatic carbocycles. The molecular weight excluding hydrogens is 152 g/mol. The molecule has 0 spiro atoms. The fourth-order valence-electron chi connectivity index (χ4n) is 0.324. The summed E-state index contributed by atoms with van der Waals surface area (Å²) in [7, 11) is 1.31. The van der Waals surface area contributed by atoms with Crippen molar-refractivity contribution in [3.63, 3.8) is 0 Å². The van der Waals surface area contributed by atoms with Crippen molar-refractivity contribution < 1.29 is 9.59 Å². The first kappa shape index (κ1) is 9.29.